The summed E-state index contributed by atoms with van der Waals surface area (Å²) in [5.74, 6) is 2.27. The van der Waals surface area contributed by atoms with Crippen LogP contribution in [0.25, 0.3) is 0 Å². The molecule has 88 valence electrons. The summed E-state index contributed by atoms with van der Waals surface area (Å²) in [6, 6.07) is 6.59. The normalized spacial score (nSPS) is 32.4. The molecule has 4 aliphatic rings. The van der Waals surface area contributed by atoms with E-state index in [0.29, 0.717) is 24.5 Å². The molecule has 1 heterocycles. The molecule has 3 atom stereocenters. The first-order chi connectivity index (χ1) is 8.40. The zero-order valence-electron chi connectivity index (χ0n) is 9.76. The minimum Gasteiger partial charge on any atom is -0.491 e. The first-order valence-electron chi connectivity index (χ1n) is 6.47. The SMILES string of the molecule is C1=CC2CCC1c1ccc(OCC3CO3)cc12. The second kappa shape index (κ2) is 3.61. The van der Waals surface area contributed by atoms with Gasteiger partial charge < -0.3 is 9.47 Å². The molecule has 0 radical (unpaired) electrons. The van der Waals surface area contributed by atoms with E-state index in [2.05, 4.69) is 30.4 Å². The Labute approximate surface area is 101 Å². The van der Waals surface area contributed by atoms with Crippen LogP contribution in [-0.4, -0.2) is 19.3 Å². The third-order valence-electron chi connectivity index (χ3n) is 4.06. The fourth-order valence-corrected chi connectivity index (χ4v) is 2.99. The molecule has 17 heavy (non-hydrogen) atoms. The lowest BCUT2D eigenvalue weighted by atomic mass is 9.72. The zero-order chi connectivity index (χ0) is 11.2. The Hall–Kier alpha value is -1.28. The van der Waals surface area contributed by atoms with Crippen molar-refractivity contribution in [2.24, 2.45) is 0 Å². The molecule has 1 saturated heterocycles. The van der Waals surface area contributed by atoms with E-state index in [1.807, 2.05) is 0 Å². The molecule has 0 spiro atoms. The highest BCUT2D eigenvalue weighted by Crippen LogP contribution is 2.45. The standard InChI is InChI=1S/C15H16O2/c1-3-11-4-2-10(1)14-6-5-12(7-15(11)14)16-8-13-9-17-13/h1,3,5-7,10-11,13H,2,4,8-9H2. The maximum atomic E-state index is 5.75. The van der Waals surface area contributed by atoms with Crippen LogP contribution in [0.2, 0.25) is 0 Å². The Bertz CT molecular complexity index is 474. The molecule has 0 saturated carbocycles. The average molecular weight is 228 g/mol. The Morgan fingerprint density at radius 1 is 1.12 bits per heavy atom. The molecule has 0 aromatic heterocycles. The number of rotatable bonds is 3. The fourth-order valence-electron chi connectivity index (χ4n) is 2.99. The average Bonchev–Trinajstić information content (AvgIpc) is 3.22. The summed E-state index contributed by atoms with van der Waals surface area (Å²) in [6.45, 7) is 1.56. The first-order valence-corrected chi connectivity index (χ1v) is 6.47. The van der Waals surface area contributed by atoms with Gasteiger partial charge in [-0.05, 0) is 36.1 Å². The maximum Gasteiger partial charge on any atom is 0.119 e. The second-order valence-corrected chi connectivity index (χ2v) is 5.23. The second-order valence-electron chi connectivity index (χ2n) is 5.23. The molecular formula is C15H16O2. The van der Waals surface area contributed by atoms with Gasteiger partial charge in [0.15, 0.2) is 0 Å². The summed E-state index contributed by atoms with van der Waals surface area (Å²) < 4.78 is 10.9. The van der Waals surface area contributed by atoms with Crippen molar-refractivity contribution in [3.8, 4) is 5.75 Å². The van der Waals surface area contributed by atoms with E-state index in [9.17, 15) is 0 Å². The Kier molecular flexibility index (Phi) is 2.06. The third kappa shape index (κ3) is 1.67. The minimum absolute atomic E-state index is 0.336. The van der Waals surface area contributed by atoms with Crippen molar-refractivity contribution in [2.45, 2.75) is 30.8 Å². The van der Waals surface area contributed by atoms with E-state index in [-0.39, 0.29) is 0 Å². The lowest BCUT2D eigenvalue weighted by Gasteiger charge is -2.33. The first kappa shape index (κ1) is 9.72. The van der Waals surface area contributed by atoms with E-state index < -0.39 is 0 Å². The molecule has 1 aliphatic heterocycles. The Morgan fingerprint density at radius 2 is 1.88 bits per heavy atom. The topological polar surface area (TPSA) is 21.8 Å². The van der Waals surface area contributed by atoms with Gasteiger partial charge in [-0.1, -0.05) is 18.2 Å². The molecular weight excluding hydrogens is 212 g/mol. The number of hydrogen-bond acceptors (Lipinski definition) is 2. The molecule has 0 amide bonds. The molecule has 1 aromatic carbocycles. The highest BCUT2D eigenvalue weighted by Gasteiger charge is 2.29. The van der Waals surface area contributed by atoms with Gasteiger partial charge in [0.25, 0.3) is 0 Å². The molecule has 0 N–H and O–H groups in total. The van der Waals surface area contributed by atoms with Gasteiger partial charge >= 0.3 is 0 Å². The summed E-state index contributed by atoms with van der Waals surface area (Å²) in [5.41, 5.74) is 3.00. The molecule has 1 aromatic rings. The van der Waals surface area contributed by atoms with Crippen molar-refractivity contribution in [1.29, 1.82) is 0 Å². The summed E-state index contributed by atoms with van der Waals surface area (Å²) in [4.78, 5) is 0. The molecule has 2 bridgehead atoms. The molecule has 2 heteroatoms. The van der Waals surface area contributed by atoms with Gasteiger partial charge in [0.1, 0.15) is 18.5 Å². The van der Waals surface area contributed by atoms with Crippen LogP contribution in [0.4, 0.5) is 0 Å². The van der Waals surface area contributed by atoms with E-state index in [1.165, 1.54) is 24.0 Å². The van der Waals surface area contributed by atoms with Crippen molar-refractivity contribution in [3.05, 3.63) is 41.5 Å². The summed E-state index contributed by atoms with van der Waals surface area (Å²) >= 11 is 0. The summed E-state index contributed by atoms with van der Waals surface area (Å²) in [5, 5.41) is 0. The maximum absolute atomic E-state index is 5.75. The van der Waals surface area contributed by atoms with Gasteiger partial charge in [-0.2, -0.15) is 0 Å². The van der Waals surface area contributed by atoms with E-state index in [4.69, 9.17) is 9.47 Å². The predicted octanol–water partition coefficient (Wildman–Crippen LogP) is 3.00. The van der Waals surface area contributed by atoms with Crippen LogP contribution in [-0.2, 0) is 4.74 Å². The van der Waals surface area contributed by atoms with Gasteiger partial charge in [-0.3, -0.25) is 0 Å². The third-order valence-corrected chi connectivity index (χ3v) is 4.06. The van der Waals surface area contributed by atoms with Gasteiger partial charge in [0.2, 0.25) is 0 Å². The minimum atomic E-state index is 0.336. The van der Waals surface area contributed by atoms with Gasteiger partial charge in [-0.25, -0.2) is 0 Å². The number of benzene rings is 1. The van der Waals surface area contributed by atoms with Crippen LogP contribution in [0.5, 0.6) is 5.75 Å². The van der Waals surface area contributed by atoms with Crippen LogP contribution in [0.1, 0.15) is 35.8 Å². The number of hydrogen-bond donors (Lipinski definition) is 0. The lowest BCUT2D eigenvalue weighted by molar-refractivity contribution is 0.262. The number of allylic oxidation sites excluding steroid dienone is 2. The van der Waals surface area contributed by atoms with Crippen molar-refractivity contribution < 1.29 is 9.47 Å². The highest BCUT2D eigenvalue weighted by atomic mass is 16.6. The highest BCUT2D eigenvalue weighted by molar-refractivity contribution is 5.47. The van der Waals surface area contributed by atoms with Gasteiger partial charge in [0.05, 0.1) is 6.61 Å². The van der Waals surface area contributed by atoms with Crippen molar-refractivity contribution >= 4 is 0 Å². The quantitative estimate of drug-likeness (QED) is 0.586. The lowest BCUT2D eigenvalue weighted by Crippen LogP contribution is -2.17. The fraction of sp³-hybridized carbons (Fsp3) is 0.467. The van der Waals surface area contributed by atoms with Crippen molar-refractivity contribution in [2.75, 3.05) is 13.2 Å². The van der Waals surface area contributed by atoms with E-state index in [1.54, 1.807) is 0 Å². The molecule has 2 nitrogen and oxygen atoms in total. The van der Waals surface area contributed by atoms with Crippen LogP contribution in [0.15, 0.2) is 30.4 Å². The van der Waals surface area contributed by atoms with Crippen molar-refractivity contribution in [3.63, 3.8) is 0 Å². The van der Waals surface area contributed by atoms with Crippen molar-refractivity contribution in [1.82, 2.24) is 0 Å². The van der Waals surface area contributed by atoms with Crippen LogP contribution >= 0.6 is 0 Å². The Morgan fingerprint density at radius 3 is 2.59 bits per heavy atom. The van der Waals surface area contributed by atoms with Crippen LogP contribution < -0.4 is 4.74 Å². The largest absolute Gasteiger partial charge is 0.491 e. The van der Waals surface area contributed by atoms with Gasteiger partial charge in [0, 0.05) is 11.8 Å². The van der Waals surface area contributed by atoms with E-state index in [0.717, 1.165) is 12.4 Å². The summed E-state index contributed by atoms with van der Waals surface area (Å²) in [6.07, 6.45) is 7.68. The smallest absolute Gasteiger partial charge is 0.119 e. The molecule has 1 fully saturated rings. The molecule has 5 rings (SSSR count). The van der Waals surface area contributed by atoms with Crippen LogP contribution in [0.3, 0.4) is 0 Å². The monoisotopic (exact) mass is 228 g/mol. The number of ether oxygens (including phenoxy) is 2. The van der Waals surface area contributed by atoms with Crippen LogP contribution in [0, 0.1) is 0 Å². The number of fused-ring (bicyclic) bond motifs is 1. The number of epoxide rings is 1. The summed E-state index contributed by atoms with van der Waals surface area (Å²) in [7, 11) is 0. The zero-order valence-corrected chi connectivity index (χ0v) is 9.76. The molecule has 3 aliphatic carbocycles. The van der Waals surface area contributed by atoms with E-state index >= 15 is 0 Å². The van der Waals surface area contributed by atoms with Gasteiger partial charge in [-0.15, -0.1) is 0 Å². The Balaban J connectivity index is 1.61. The molecule has 3 unspecified atom stereocenters. The predicted molar refractivity (Wildman–Crippen MR) is 65.5 cm³/mol.